The zero-order valence-corrected chi connectivity index (χ0v) is 13.4. The minimum absolute atomic E-state index is 0.0211. The molecule has 0 bridgehead atoms. The number of amides is 1. The molecule has 0 spiro atoms. The standard InChI is InChI=1S/C18H19N5O/c19-7-3-16(24)22-9-1-2-14(6-10-22)23-11-5-13-12-21-18-15(17(13)23)4-8-20-18/h4-5,8,11-12,14H,1-3,6,9-10H2,(H,20,21). The second-order valence-electron chi connectivity index (χ2n) is 6.33. The number of aromatic nitrogens is 3. The van der Waals surface area contributed by atoms with Crippen molar-refractivity contribution < 1.29 is 4.79 Å². The Kier molecular flexibility index (Phi) is 3.69. The summed E-state index contributed by atoms with van der Waals surface area (Å²) in [6.45, 7) is 1.46. The first-order valence-electron chi connectivity index (χ1n) is 8.35. The van der Waals surface area contributed by atoms with E-state index < -0.39 is 0 Å². The molecule has 1 N–H and O–H groups in total. The summed E-state index contributed by atoms with van der Waals surface area (Å²) in [5.74, 6) is -0.0484. The van der Waals surface area contributed by atoms with Crippen LogP contribution in [0.4, 0.5) is 0 Å². The minimum atomic E-state index is -0.0484. The van der Waals surface area contributed by atoms with E-state index in [-0.39, 0.29) is 12.3 Å². The van der Waals surface area contributed by atoms with Gasteiger partial charge in [0, 0.05) is 48.5 Å². The van der Waals surface area contributed by atoms with Gasteiger partial charge < -0.3 is 14.5 Å². The molecular formula is C18H19N5O. The molecule has 6 nitrogen and oxygen atoms in total. The van der Waals surface area contributed by atoms with Crippen molar-refractivity contribution in [3.63, 3.8) is 0 Å². The van der Waals surface area contributed by atoms with Gasteiger partial charge in [0.15, 0.2) is 0 Å². The summed E-state index contributed by atoms with van der Waals surface area (Å²) in [7, 11) is 0. The summed E-state index contributed by atoms with van der Waals surface area (Å²) in [6.07, 6.45) is 8.85. The molecule has 1 saturated heterocycles. The van der Waals surface area contributed by atoms with Crippen LogP contribution in [0.1, 0.15) is 31.7 Å². The van der Waals surface area contributed by atoms with Crippen LogP contribution < -0.4 is 0 Å². The van der Waals surface area contributed by atoms with Crippen molar-refractivity contribution in [2.24, 2.45) is 0 Å². The Bertz CT molecular complexity index is 932. The van der Waals surface area contributed by atoms with Gasteiger partial charge >= 0.3 is 0 Å². The van der Waals surface area contributed by atoms with Gasteiger partial charge in [-0.05, 0) is 31.4 Å². The molecule has 4 rings (SSSR count). The number of H-pyrrole nitrogens is 1. The average Bonchev–Trinajstić information content (AvgIpc) is 3.15. The third-order valence-electron chi connectivity index (χ3n) is 4.93. The molecule has 0 radical (unpaired) electrons. The van der Waals surface area contributed by atoms with Gasteiger partial charge in [0.25, 0.3) is 0 Å². The number of nitrogens with zero attached hydrogens (tertiary/aromatic N) is 4. The number of carbonyl (C=O) groups is 1. The monoisotopic (exact) mass is 321 g/mol. The fraction of sp³-hybridized carbons (Fsp3) is 0.389. The molecule has 4 heterocycles. The lowest BCUT2D eigenvalue weighted by Crippen LogP contribution is -2.31. The highest BCUT2D eigenvalue weighted by Gasteiger charge is 2.22. The van der Waals surface area contributed by atoms with E-state index in [1.165, 1.54) is 5.52 Å². The van der Waals surface area contributed by atoms with Gasteiger partial charge in [-0.3, -0.25) is 4.79 Å². The number of rotatable bonds is 2. The van der Waals surface area contributed by atoms with Crippen molar-refractivity contribution in [1.82, 2.24) is 19.4 Å². The van der Waals surface area contributed by atoms with Crippen molar-refractivity contribution in [2.45, 2.75) is 31.7 Å². The van der Waals surface area contributed by atoms with Gasteiger partial charge in [-0.1, -0.05) is 0 Å². The summed E-state index contributed by atoms with van der Waals surface area (Å²) in [5, 5.41) is 11.0. The maximum absolute atomic E-state index is 12.0. The number of likely N-dealkylation sites (tertiary alicyclic amines) is 1. The SMILES string of the molecule is N#CCC(=O)N1CCCC(n2ccc3cnc4[nH]ccc4c32)CC1. The third-order valence-corrected chi connectivity index (χ3v) is 4.93. The number of fused-ring (bicyclic) bond motifs is 3. The van der Waals surface area contributed by atoms with Crippen LogP contribution in [0.2, 0.25) is 0 Å². The van der Waals surface area contributed by atoms with Gasteiger partial charge in [0.2, 0.25) is 5.91 Å². The molecule has 1 fully saturated rings. The topological polar surface area (TPSA) is 77.7 Å². The highest BCUT2D eigenvalue weighted by molar-refractivity contribution is 6.02. The Morgan fingerprint density at radius 3 is 3.17 bits per heavy atom. The van der Waals surface area contributed by atoms with Gasteiger partial charge in [-0.2, -0.15) is 5.26 Å². The molecule has 0 aromatic carbocycles. The van der Waals surface area contributed by atoms with E-state index in [9.17, 15) is 4.79 Å². The maximum Gasteiger partial charge on any atom is 0.236 e. The Labute approximate surface area is 139 Å². The van der Waals surface area contributed by atoms with E-state index in [0.717, 1.165) is 42.2 Å². The summed E-state index contributed by atoms with van der Waals surface area (Å²) in [6, 6.07) is 6.50. The number of nitrogens with one attached hydrogen (secondary N) is 1. The molecule has 0 aliphatic carbocycles. The van der Waals surface area contributed by atoms with Gasteiger partial charge in [-0.25, -0.2) is 4.98 Å². The Balaban J connectivity index is 1.65. The zero-order chi connectivity index (χ0) is 16.5. The second kappa shape index (κ2) is 6.00. The van der Waals surface area contributed by atoms with Crippen LogP contribution in [0.25, 0.3) is 21.9 Å². The molecule has 0 saturated carbocycles. The first-order valence-corrected chi connectivity index (χ1v) is 8.35. The van der Waals surface area contributed by atoms with Crippen molar-refractivity contribution in [1.29, 1.82) is 5.26 Å². The van der Waals surface area contributed by atoms with E-state index in [2.05, 4.69) is 32.9 Å². The number of pyridine rings is 1. The summed E-state index contributed by atoms with van der Waals surface area (Å²) < 4.78 is 2.34. The normalized spacial score (nSPS) is 18.6. The van der Waals surface area contributed by atoms with Crippen LogP contribution in [-0.4, -0.2) is 38.4 Å². The number of nitriles is 1. The third kappa shape index (κ3) is 2.42. The van der Waals surface area contributed by atoms with E-state index in [0.29, 0.717) is 12.6 Å². The highest BCUT2D eigenvalue weighted by Crippen LogP contribution is 2.31. The largest absolute Gasteiger partial charge is 0.346 e. The second-order valence-corrected chi connectivity index (χ2v) is 6.33. The number of aromatic amines is 1. The summed E-state index contributed by atoms with van der Waals surface area (Å²) in [4.78, 5) is 21.4. The smallest absolute Gasteiger partial charge is 0.236 e. The summed E-state index contributed by atoms with van der Waals surface area (Å²) in [5.41, 5.74) is 2.12. The fourth-order valence-corrected chi connectivity index (χ4v) is 3.74. The van der Waals surface area contributed by atoms with Crippen LogP contribution in [0.5, 0.6) is 0 Å². The van der Waals surface area contributed by atoms with Gasteiger partial charge in [0.1, 0.15) is 12.1 Å². The van der Waals surface area contributed by atoms with Crippen molar-refractivity contribution in [2.75, 3.05) is 13.1 Å². The minimum Gasteiger partial charge on any atom is -0.346 e. The zero-order valence-electron chi connectivity index (χ0n) is 13.4. The Morgan fingerprint density at radius 2 is 2.29 bits per heavy atom. The Hall–Kier alpha value is -2.81. The molecule has 6 heteroatoms. The number of carbonyl (C=O) groups excluding carboxylic acids is 1. The van der Waals surface area contributed by atoms with E-state index >= 15 is 0 Å². The average molecular weight is 321 g/mol. The molecule has 1 atom stereocenters. The summed E-state index contributed by atoms with van der Waals surface area (Å²) >= 11 is 0. The molecule has 122 valence electrons. The predicted octanol–water partition coefficient (Wildman–Crippen LogP) is 2.98. The van der Waals surface area contributed by atoms with Crippen LogP contribution in [0, 0.1) is 11.3 Å². The molecular weight excluding hydrogens is 302 g/mol. The molecule has 1 unspecified atom stereocenters. The first-order chi connectivity index (χ1) is 11.8. The lowest BCUT2D eigenvalue weighted by Gasteiger charge is -2.20. The quantitative estimate of drug-likeness (QED) is 0.788. The lowest BCUT2D eigenvalue weighted by molar-refractivity contribution is -0.130. The number of hydrogen-bond acceptors (Lipinski definition) is 3. The first kappa shape index (κ1) is 14.8. The van der Waals surface area contributed by atoms with Crippen molar-refractivity contribution in [3.05, 3.63) is 30.7 Å². The fourth-order valence-electron chi connectivity index (χ4n) is 3.74. The molecule has 3 aromatic heterocycles. The van der Waals surface area contributed by atoms with E-state index in [1.54, 1.807) is 0 Å². The van der Waals surface area contributed by atoms with Crippen LogP contribution in [0.15, 0.2) is 30.7 Å². The van der Waals surface area contributed by atoms with Crippen molar-refractivity contribution >= 4 is 27.8 Å². The maximum atomic E-state index is 12.0. The molecule has 1 aliphatic rings. The molecule has 1 aliphatic heterocycles. The number of hydrogen-bond donors (Lipinski definition) is 1. The van der Waals surface area contributed by atoms with Gasteiger partial charge in [0.05, 0.1) is 11.6 Å². The van der Waals surface area contributed by atoms with Gasteiger partial charge in [-0.15, -0.1) is 0 Å². The van der Waals surface area contributed by atoms with Crippen LogP contribution in [-0.2, 0) is 4.79 Å². The molecule has 3 aromatic rings. The van der Waals surface area contributed by atoms with Crippen LogP contribution >= 0.6 is 0 Å². The van der Waals surface area contributed by atoms with Crippen LogP contribution in [0.3, 0.4) is 0 Å². The lowest BCUT2D eigenvalue weighted by atomic mass is 10.1. The molecule has 24 heavy (non-hydrogen) atoms. The highest BCUT2D eigenvalue weighted by atomic mass is 16.2. The van der Waals surface area contributed by atoms with E-state index in [1.807, 2.05) is 23.4 Å². The van der Waals surface area contributed by atoms with E-state index in [4.69, 9.17) is 5.26 Å². The predicted molar refractivity (Wildman–Crippen MR) is 91.3 cm³/mol. The van der Waals surface area contributed by atoms with Crippen molar-refractivity contribution in [3.8, 4) is 6.07 Å². The molecule has 1 amide bonds. The Morgan fingerprint density at radius 1 is 1.38 bits per heavy atom.